The molecule has 1 N–H and O–H groups in total. The molecule has 0 radical (unpaired) electrons. The van der Waals surface area contributed by atoms with E-state index in [1.165, 1.54) is 18.3 Å². The van der Waals surface area contributed by atoms with E-state index in [0.29, 0.717) is 12.1 Å². The molecule has 0 fully saturated rings. The van der Waals surface area contributed by atoms with Crippen LogP contribution in [0.15, 0.2) is 18.3 Å². The van der Waals surface area contributed by atoms with Crippen LogP contribution in [0.25, 0.3) is 0 Å². The summed E-state index contributed by atoms with van der Waals surface area (Å²) in [5.41, 5.74) is 0.376. The lowest BCUT2D eigenvalue weighted by Gasteiger charge is -2.13. The summed E-state index contributed by atoms with van der Waals surface area (Å²) in [7, 11) is 1.98. The van der Waals surface area contributed by atoms with Crippen LogP contribution >= 0.6 is 0 Å². The number of hydrogen-bond acceptors (Lipinski definition) is 3. The Morgan fingerprint density at radius 2 is 2.31 bits per heavy atom. The standard InChI is InChI=1S/C11H16FN3O/c1-3-15(2)7-6-13-11(16)9-4-5-10(12)14-8-9/h4-5,8H,3,6-7H2,1-2H3,(H,13,16). The van der Waals surface area contributed by atoms with Crippen LogP contribution in [0, 0.1) is 5.95 Å². The SMILES string of the molecule is CCN(C)CCNC(=O)c1ccc(F)nc1. The van der Waals surface area contributed by atoms with Crippen molar-refractivity contribution < 1.29 is 9.18 Å². The quantitative estimate of drug-likeness (QED) is 0.757. The van der Waals surface area contributed by atoms with Gasteiger partial charge >= 0.3 is 0 Å². The molecular formula is C11H16FN3O. The molecule has 4 nitrogen and oxygen atoms in total. The van der Waals surface area contributed by atoms with Gasteiger partial charge in [0.25, 0.3) is 5.91 Å². The molecule has 0 aliphatic carbocycles. The highest BCUT2D eigenvalue weighted by molar-refractivity contribution is 5.93. The molecule has 1 amide bonds. The molecule has 0 spiro atoms. The van der Waals surface area contributed by atoms with Gasteiger partial charge in [0.05, 0.1) is 5.56 Å². The zero-order chi connectivity index (χ0) is 12.0. The molecule has 0 unspecified atom stereocenters. The Bertz CT molecular complexity index is 340. The van der Waals surface area contributed by atoms with Crippen LogP contribution < -0.4 is 5.32 Å². The fourth-order valence-corrected chi connectivity index (χ4v) is 1.13. The van der Waals surface area contributed by atoms with Crippen molar-refractivity contribution in [1.29, 1.82) is 0 Å². The second-order valence-electron chi connectivity index (χ2n) is 3.52. The minimum atomic E-state index is -0.581. The molecule has 0 saturated carbocycles. The van der Waals surface area contributed by atoms with Crippen LogP contribution in [0.1, 0.15) is 17.3 Å². The van der Waals surface area contributed by atoms with E-state index in [-0.39, 0.29) is 5.91 Å². The molecule has 0 atom stereocenters. The van der Waals surface area contributed by atoms with E-state index in [9.17, 15) is 9.18 Å². The van der Waals surface area contributed by atoms with E-state index in [0.717, 1.165) is 13.1 Å². The normalized spacial score (nSPS) is 10.5. The molecule has 88 valence electrons. The molecule has 0 bridgehead atoms. The van der Waals surface area contributed by atoms with Gasteiger partial charge in [0.2, 0.25) is 5.95 Å². The smallest absolute Gasteiger partial charge is 0.252 e. The third kappa shape index (κ3) is 3.94. The van der Waals surface area contributed by atoms with Gasteiger partial charge in [0.1, 0.15) is 0 Å². The first-order valence-electron chi connectivity index (χ1n) is 5.21. The Morgan fingerprint density at radius 1 is 1.56 bits per heavy atom. The number of likely N-dealkylation sites (N-methyl/N-ethyl adjacent to an activating group) is 1. The number of rotatable bonds is 5. The van der Waals surface area contributed by atoms with E-state index in [1.54, 1.807) is 0 Å². The summed E-state index contributed by atoms with van der Waals surface area (Å²) in [6.07, 6.45) is 1.23. The maximum atomic E-state index is 12.5. The van der Waals surface area contributed by atoms with Crippen LogP contribution in [-0.2, 0) is 0 Å². The van der Waals surface area contributed by atoms with Crippen LogP contribution in [-0.4, -0.2) is 42.5 Å². The van der Waals surface area contributed by atoms with Crippen LogP contribution in [0.4, 0.5) is 4.39 Å². The summed E-state index contributed by atoms with van der Waals surface area (Å²) < 4.78 is 12.5. The minimum absolute atomic E-state index is 0.225. The first kappa shape index (κ1) is 12.6. The number of aromatic nitrogens is 1. The lowest BCUT2D eigenvalue weighted by molar-refractivity contribution is 0.0949. The second-order valence-corrected chi connectivity index (χ2v) is 3.52. The summed E-state index contributed by atoms with van der Waals surface area (Å²) in [6, 6.07) is 2.59. The van der Waals surface area contributed by atoms with Crippen molar-refractivity contribution in [3.63, 3.8) is 0 Å². The predicted octanol–water partition coefficient (Wildman–Crippen LogP) is 0.902. The second kappa shape index (κ2) is 6.17. The van der Waals surface area contributed by atoms with E-state index in [4.69, 9.17) is 0 Å². The van der Waals surface area contributed by atoms with Gasteiger partial charge in [0.15, 0.2) is 0 Å². The monoisotopic (exact) mass is 225 g/mol. The Morgan fingerprint density at radius 3 is 2.88 bits per heavy atom. The van der Waals surface area contributed by atoms with Crippen LogP contribution in [0.3, 0.4) is 0 Å². The van der Waals surface area contributed by atoms with Gasteiger partial charge in [-0.05, 0) is 25.7 Å². The summed E-state index contributed by atoms with van der Waals surface area (Å²) >= 11 is 0. The molecule has 0 aliphatic heterocycles. The van der Waals surface area contributed by atoms with E-state index in [1.807, 2.05) is 14.0 Å². The van der Waals surface area contributed by atoms with Gasteiger partial charge in [-0.15, -0.1) is 0 Å². The molecule has 5 heteroatoms. The van der Waals surface area contributed by atoms with Crippen molar-refractivity contribution in [2.75, 3.05) is 26.7 Å². The Balaban J connectivity index is 2.38. The van der Waals surface area contributed by atoms with E-state index < -0.39 is 5.95 Å². The molecule has 1 aromatic heterocycles. The number of hydrogen-bond donors (Lipinski definition) is 1. The topological polar surface area (TPSA) is 45.2 Å². The molecular weight excluding hydrogens is 209 g/mol. The van der Waals surface area contributed by atoms with Crippen molar-refractivity contribution in [3.05, 3.63) is 29.8 Å². The number of carbonyl (C=O) groups excluding carboxylic acids is 1. The summed E-state index contributed by atoms with van der Waals surface area (Å²) in [4.78, 5) is 17.0. The van der Waals surface area contributed by atoms with Crippen molar-refractivity contribution in [2.24, 2.45) is 0 Å². The van der Waals surface area contributed by atoms with Crippen molar-refractivity contribution in [2.45, 2.75) is 6.92 Å². The van der Waals surface area contributed by atoms with E-state index in [2.05, 4.69) is 15.2 Å². The van der Waals surface area contributed by atoms with Gasteiger partial charge < -0.3 is 10.2 Å². The lowest BCUT2D eigenvalue weighted by Crippen LogP contribution is -2.32. The summed E-state index contributed by atoms with van der Waals surface area (Å²) in [6.45, 7) is 4.34. The first-order chi connectivity index (χ1) is 7.63. The van der Waals surface area contributed by atoms with Crippen molar-refractivity contribution in [1.82, 2.24) is 15.2 Å². The maximum Gasteiger partial charge on any atom is 0.252 e. The lowest BCUT2D eigenvalue weighted by atomic mass is 10.2. The van der Waals surface area contributed by atoms with Crippen molar-refractivity contribution in [3.8, 4) is 0 Å². The van der Waals surface area contributed by atoms with E-state index >= 15 is 0 Å². The molecule has 0 saturated heterocycles. The first-order valence-corrected chi connectivity index (χ1v) is 5.21. The Kier molecular flexibility index (Phi) is 4.85. The summed E-state index contributed by atoms with van der Waals surface area (Å²) in [5, 5.41) is 2.74. The molecule has 1 aromatic rings. The average molecular weight is 225 g/mol. The minimum Gasteiger partial charge on any atom is -0.351 e. The number of nitrogens with one attached hydrogen (secondary N) is 1. The average Bonchev–Trinajstić information content (AvgIpc) is 2.29. The van der Waals surface area contributed by atoms with Crippen LogP contribution in [0.5, 0.6) is 0 Å². The van der Waals surface area contributed by atoms with Gasteiger partial charge in [-0.25, -0.2) is 4.98 Å². The fourth-order valence-electron chi connectivity index (χ4n) is 1.13. The third-order valence-electron chi connectivity index (χ3n) is 2.31. The zero-order valence-corrected chi connectivity index (χ0v) is 9.53. The highest BCUT2D eigenvalue weighted by atomic mass is 19.1. The summed E-state index contributed by atoms with van der Waals surface area (Å²) in [5.74, 6) is -0.806. The molecule has 16 heavy (non-hydrogen) atoms. The van der Waals surface area contributed by atoms with Gasteiger partial charge in [-0.3, -0.25) is 4.79 Å². The number of nitrogens with zero attached hydrogens (tertiary/aromatic N) is 2. The fraction of sp³-hybridized carbons (Fsp3) is 0.455. The van der Waals surface area contributed by atoms with Crippen LogP contribution in [0.2, 0.25) is 0 Å². The number of halogens is 1. The van der Waals surface area contributed by atoms with Gasteiger partial charge in [0, 0.05) is 19.3 Å². The zero-order valence-electron chi connectivity index (χ0n) is 9.53. The molecule has 1 rings (SSSR count). The predicted molar refractivity (Wildman–Crippen MR) is 59.7 cm³/mol. The number of amides is 1. The third-order valence-corrected chi connectivity index (χ3v) is 2.31. The number of carbonyl (C=O) groups is 1. The maximum absolute atomic E-state index is 12.5. The number of pyridine rings is 1. The van der Waals surface area contributed by atoms with Gasteiger partial charge in [-0.1, -0.05) is 6.92 Å². The highest BCUT2D eigenvalue weighted by Gasteiger charge is 2.05. The highest BCUT2D eigenvalue weighted by Crippen LogP contribution is 1.98. The Hall–Kier alpha value is -1.49. The largest absolute Gasteiger partial charge is 0.351 e. The van der Waals surface area contributed by atoms with Gasteiger partial charge in [-0.2, -0.15) is 4.39 Å². The Labute approximate surface area is 94.5 Å². The molecule has 0 aromatic carbocycles. The molecule has 1 heterocycles. The van der Waals surface area contributed by atoms with Crippen molar-refractivity contribution >= 4 is 5.91 Å². The molecule has 0 aliphatic rings.